The minimum Gasteiger partial charge on any atom is -0.497 e. The van der Waals surface area contributed by atoms with Gasteiger partial charge in [-0.3, -0.25) is 0 Å². The van der Waals surface area contributed by atoms with E-state index in [1.54, 1.807) is 43.3 Å². The Hall–Kier alpha value is -3.86. The number of methoxy groups -OCH3 is 1. The van der Waals surface area contributed by atoms with Gasteiger partial charge in [0.15, 0.2) is 0 Å². The van der Waals surface area contributed by atoms with Crippen molar-refractivity contribution in [1.29, 1.82) is 0 Å². The fourth-order valence-electron chi connectivity index (χ4n) is 3.22. The van der Waals surface area contributed by atoms with Crippen molar-refractivity contribution in [2.75, 3.05) is 7.11 Å². The molecule has 144 valence electrons. The van der Waals surface area contributed by atoms with Crippen molar-refractivity contribution in [1.82, 2.24) is 0 Å². The second-order valence-electron chi connectivity index (χ2n) is 6.53. The molecule has 5 heteroatoms. The number of carbonyl (C=O) groups is 1. The summed E-state index contributed by atoms with van der Waals surface area (Å²) in [5.74, 6) is 0.375. The molecule has 1 aromatic heterocycles. The van der Waals surface area contributed by atoms with Crippen LogP contribution in [0.3, 0.4) is 0 Å². The van der Waals surface area contributed by atoms with E-state index in [1.165, 1.54) is 13.2 Å². The molecule has 0 aliphatic rings. The molecule has 1 heterocycles. The van der Waals surface area contributed by atoms with Crippen molar-refractivity contribution >= 4 is 16.9 Å². The number of aryl methyl sites for hydroxylation is 1. The van der Waals surface area contributed by atoms with E-state index in [4.69, 9.17) is 13.9 Å². The zero-order chi connectivity index (χ0) is 20.4. The van der Waals surface area contributed by atoms with Crippen LogP contribution in [0.1, 0.15) is 15.9 Å². The lowest BCUT2D eigenvalue weighted by Gasteiger charge is -2.12. The summed E-state index contributed by atoms with van der Waals surface area (Å²) in [6, 6.07) is 21.3. The number of benzene rings is 3. The molecule has 0 fully saturated rings. The summed E-state index contributed by atoms with van der Waals surface area (Å²) >= 11 is 0. The Kier molecular flexibility index (Phi) is 4.87. The van der Waals surface area contributed by atoms with Gasteiger partial charge in [-0.25, -0.2) is 9.59 Å². The monoisotopic (exact) mass is 386 g/mol. The molecule has 3 aromatic carbocycles. The molecule has 0 unspecified atom stereocenters. The van der Waals surface area contributed by atoms with Gasteiger partial charge in [-0.05, 0) is 48.4 Å². The van der Waals surface area contributed by atoms with Gasteiger partial charge >= 0.3 is 11.6 Å². The molecule has 0 amide bonds. The normalized spacial score (nSPS) is 10.7. The van der Waals surface area contributed by atoms with Gasteiger partial charge in [0, 0.05) is 17.0 Å². The average Bonchev–Trinajstić information content (AvgIpc) is 2.76. The van der Waals surface area contributed by atoms with Crippen LogP contribution in [-0.4, -0.2) is 13.1 Å². The molecule has 5 nitrogen and oxygen atoms in total. The maximum absolute atomic E-state index is 12.6. The van der Waals surface area contributed by atoms with E-state index in [-0.39, 0.29) is 0 Å². The van der Waals surface area contributed by atoms with Crippen LogP contribution in [0.25, 0.3) is 22.1 Å². The second kappa shape index (κ2) is 7.64. The Morgan fingerprint density at radius 1 is 0.931 bits per heavy atom. The number of ether oxygens (including phenoxy) is 2. The Morgan fingerprint density at radius 3 is 2.48 bits per heavy atom. The van der Waals surface area contributed by atoms with Gasteiger partial charge in [0.1, 0.15) is 17.1 Å². The molecule has 0 aliphatic carbocycles. The van der Waals surface area contributed by atoms with Crippen molar-refractivity contribution in [3.05, 3.63) is 94.3 Å². The van der Waals surface area contributed by atoms with Gasteiger partial charge in [-0.2, -0.15) is 0 Å². The van der Waals surface area contributed by atoms with E-state index in [1.807, 2.05) is 30.3 Å². The van der Waals surface area contributed by atoms with Crippen LogP contribution in [0.5, 0.6) is 11.5 Å². The van der Waals surface area contributed by atoms with E-state index in [0.717, 1.165) is 16.5 Å². The Morgan fingerprint density at radius 2 is 1.72 bits per heavy atom. The van der Waals surface area contributed by atoms with E-state index in [2.05, 4.69) is 0 Å². The zero-order valence-electron chi connectivity index (χ0n) is 16.0. The standard InChI is InChI=1S/C24H18O5/c1-15-21(28-24(26)17-9-6-10-18(13-17)27-2)12-11-19-20(14-22(25)29-23(15)19)16-7-4-3-5-8-16/h3-14H,1-2H3. The number of fused-ring (bicyclic) bond motifs is 1. The molecule has 4 rings (SSSR count). The Balaban J connectivity index is 1.76. The number of hydrogen-bond donors (Lipinski definition) is 0. The molecule has 29 heavy (non-hydrogen) atoms. The van der Waals surface area contributed by atoms with Gasteiger partial charge in [0.05, 0.1) is 12.7 Å². The van der Waals surface area contributed by atoms with Crippen LogP contribution in [0, 0.1) is 6.92 Å². The molecule has 0 spiro atoms. The quantitative estimate of drug-likeness (QED) is 0.281. The predicted molar refractivity (Wildman–Crippen MR) is 111 cm³/mol. The van der Waals surface area contributed by atoms with Gasteiger partial charge in [-0.15, -0.1) is 0 Å². The molecule has 0 radical (unpaired) electrons. The van der Waals surface area contributed by atoms with Crippen molar-refractivity contribution in [2.24, 2.45) is 0 Å². The highest BCUT2D eigenvalue weighted by Crippen LogP contribution is 2.33. The minimum absolute atomic E-state index is 0.332. The molecule has 0 atom stereocenters. The molecular formula is C24H18O5. The number of rotatable bonds is 4. The van der Waals surface area contributed by atoms with Crippen LogP contribution in [0.4, 0.5) is 0 Å². The summed E-state index contributed by atoms with van der Waals surface area (Å²) in [6.45, 7) is 1.76. The summed E-state index contributed by atoms with van der Waals surface area (Å²) in [7, 11) is 1.53. The second-order valence-corrected chi connectivity index (χ2v) is 6.53. The fraction of sp³-hybridized carbons (Fsp3) is 0.0833. The first kappa shape index (κ1) is 18.5. The maximum Gasteiger partial charge on any atom is 0.343 e. The van der Waals surface area contributed by atoms with Crippen molar-refractivity contribution in [3.63, 3.8) is 0 Å². The van der Waals surface area contributed by atoms with Crippen molar-refractivity contribution < 1.29 is 18.7 Å². The molecule has 4 aromatic rings. The highest BCUT2D eigenvalue weighted by Gasteiger charge is 2.16. The lowest BCUT2D eigenvalue weighted by Crippen LogP contribution is -2.10. The average molecular weight is 386 g/mol. The molecule has 0 bridgehead atoms. The smallest absolute Gasteiger partial charge is 0.343 e. The van der Waals surface area contributed by atoms with Crippen LogP contribution >= 0.6 is 0 Å². The SMILES string of the molecule is COc1cccc(C(=O)Oc2ccc3c(-c4ccccc4)cc(=O)oc3c2C)c1. The predicted octanol–water partition coefficient (Wildman–Crippen LogP) is 5.00. The van der Waals surface area contributed by atoms with Crippen molar-refractivity contribution in [2.45, 2.75) is 6.92 Å². The maximum atomic E-state index is 12.6. The Bertz CT molecular complexity index is 1260. The number of carbonyl (C=O) groups excluding carboxylic acids is 1. The summed E-state index contributed by atoms with van der Waals surface area (Å²) in [6.07, 6.45) is 0. The zero-order valence-corrected chi connectivity index (χ0v) is 16.0. The lowest BCUT2D eigenvalue weighted by molar-refractivity contribution is 0.0733. The fourth-order valence-corrected chi connectivity index (χ4v) is 3.22. The van der Waals surface area contributed by atoms with Crippen LogP contribution < -0.4 is 15.1 Å². The largest absolute Gasteiger partial charge is 0.497 e. The third-order valence-electron chi connectivity index (χ3n) is 4.70. The topological polar surface area (TPSA) is 65.7 Å². The summed E-state index contributed by atoms with van der Waals surface area (Å²) in [5, 5.41) is 0.773. The van der Waals surface area contributed by atoms with E-state index < -0.39 is 11.6 Å². The van der Waals surface area contributed by atoms with Crippen LogP contribution in [0.15, 0.2) is 82.0 Å². The van der Waals surface area contributed by atoms with E-state index in [0.29, 0.717) is 28.2 Å². The summed E-state index contributed by atoms with van der Waals surface area (Å²) in [5.41, 5.74) is 2.55. The highest BCUT2D eigenvalue weighted by molar-refractivity contribution is 5.97. The van der Waals surface area contributed by atoms with Crippen LogP contribution in [0.2, 0.25) is 0 Å². The number of hydrogen-bond acceptors (Lipinski definition) is 5. The highest BCUT2D eigenvalue weighted by atomic mass is 16.5. The molecule has 0 aliphatic heterocycles. The first-order valence-corrected chi connectivity index (χ1v) is 9.06. The molecule has 0 saturated heterocycles. The van der Waals surface area contributed by atoms with E-state index >= 15 is 0 Å². The lowest BCUT2D eigenvalue weighted by atomic mass is 10.0. The van der Waals surface area contributed by atoms with Gasteiger partial charge < -0.3 is 13.9 Å². The van der Waals surface area contributed by atoms with E-state index in [9.17, 15) is 9.59 Å². The molecule has 0 saturated carbocycles. The van der Waals surface area contributed by atoms with Gasteiger partial charge in [0.2, 0.25) is 0 Å². The summed E-state index contributed by atoms with van der Waals surface area (Å²) < 4.78 is 16.2. The molecular weight excluding hydrogens is 368 g/mol. The first-order chi connectivity index (χ1) is 14.1. The van der Waals surface area contributed by atoms with Gasteiger partial charge in [-0.1, -0.05) is 36.4 Å². The minimum atomic E-state index is -0.520. The third-order valence-corrected chi connectivity index (χ3v) is 4.70. The first-order valence-electron chi connectivity index (χ1n) is 9.06. The molecule has 0 N–H and O–H groups in total. The van der Waals surface area contributed by atoms with Crippen LogP contribution in [-0.2, 0) is 0 Å². The van der Waals surface area contributed by atoms with Crippen molar-refractivity contribution in [3.8, 4) is 22.6 Å². The number of esters is 1. The van der Waals surface area contributed by atoms with Gasteiger partial charge in [0.25, 0.3) is 0 Å². The third kappa shape index (κ3) is 3.62. The Labute approximate surface area is 167 Å². The summed E-state index contributed by atoms with van der Waals surface area (Å²) in [4.78, 5) is 24.7.